The minimum Gasteiger partial charge on any atom is -0.482 e. The molecule has 1 aromatic carbocycles. The summed E-state index contributed by atoms with van der Waals surface area (Å²) in [6.07, 6.45) is -0.109. The standard InChI is InChI=1S/C12H17NO3/c1-9(2)16-12(14)8-15-11-6-4-10(13-3)5-7-11/h4-7,9,13H,8H2,1-3H3. The average molecular weight is 223 g/mol. The molecule has 0 fully saturated rings. The fourth-order valence-electron chi connectivity index (χ4n) is 1.16. The minimum atomic E-state index is -0.354. The van der Waals surface area contributed by atoms with E-state index < -0.39 is 0 Å². The van der Waals surface area contributed by atoms with Crippen molar-refractivity contribution in [1.82, 2.24) is 0 Å². The minimum absolute atomic E-state index is 0.0585. The van der Waals surface area contributed by atoms with Crippen LogP contribution >= 0.6 is 0 Å². The first-order chi connectivity index (χ1) is 7.61. The molecule has 1 N–H and O–H groups in total. The van der Waals surface area contributed by atoms with Crippen LogP contribution in [0, 0.1) is 0 Å². The fourth-order valence-corrected chi connectivity index (χ4v) is 1.16. The molecule has 0 amide bonds. The molecule has 1 aromatic rings. The summed E-state index contributed by atoms with van der Waals surface area (Å²) in [5.41, 5.74) is 0.997. The van der Waals surface area contributed by atoms with Crippen LogP contribution in [-0.2, 0) is 9.53 Å². The summed E-state index contributed by atoms with van der Waals surface area (Å²) in [6.45, 7) is 3.55. The molecular formula is C12H17NO3. The van der Waals surface area contributed by atoms with E-state index in [1.807, 2.05) is 19.2 Å². The highest BCUT2D eigenvalue weighted by molar-refractivity contribution is 5.71. The zero-order chi connectivity index (χ0) is 12.0. The summed E-state index contributed by atoms with van der Waals surface area (Å²) >= 11 is 0. The van der Waals surface area contributed by atoms with Gasteiger partial charge in [0.25, 0.3) is 0 Å². The molecule has 0 saturated carbocycles. The normalized spacial score (nSPS) is 10.0. The van der Waals surface area contributed by atoms with Gasteiger partial charge < -0.3 is 14.8 Å². The van der Waals surface area contributed by atoms with Crippen LogP contribution in [0.2, 0.25) is 0 Å². The molecular weight excluding hydrogens is 206 g/mol. The lowest BCUT2D eigenvalue weighted by Crippen LogP contribution is -2.18. The van der Waals surface area contributed by atoms with Crippen molar-refractivity contribution < 1.29 is 14.3 Å². The van der Waals surface area contributed by atoms with Gasteiger partial charge in [-0.05, 0) is 38.1 Å². The number of anilines is 1. The van der Waals surface area contributed by atoms with Gasteiger partial charge in [0.1, 0.15) is 5.75 Å². The van der Waals surface area contributed by atoms with Crippen molar-refractivity contribution in [1.29, 1.82) is 0 Å². The third-order valence-corrected chi connectivity index (χ3v) is 1.87. The van der Waals surface area contributed by atoms with E-state index in [1.54, 1.807) is 26.0 Å². The molecule has 4 heteroatoms. The Balaban J connectivity index is 2.39. The van der Waals surface area contributed by atoms with Crippen LogP contribution in [0.25, 0.3) is 0 Å². The van der Waals surface area contributed by atoms with Crippen LogP contribution in [0.1, 0.15) is 13.8 Å². The lowest BCUT2D eigenvalue weighted by Gasteiger charge is -2.09. The highest BCUT2D eigenvalue weighted by Crippen LogP contribution is 2.14. The number of carbonyl (C=O) groups is 1. The van der Waals surface area contributed by atoms with Gasteiger partial charge in [-0.3, -0.25) is 0 Å². The third-order valence-electron chi connectivity index (χ3n) is 1.87. The van der Waals surface area contributed by atoms with Crippen LogP contribution in [0.4, 0.5) is 5.69 Å². The molecule has 0 saturated heterocycles. The van der Waals surface area contributed by atoms with E-state index in [0.717, 1.165) is 5.69 Å². The Morgan fingerprint density at radius 1 is 1.31 bits per heavy atom. The van der Waals surface area contributed by atoms with Gasteiger partial charge in [0.15, 0.2) is 6.61 Å². The van der Waals surface area contributed by atoms with Gasteiger partial charge >= 0.3 is 5.97 Å². The maximum absolute atomic E-state index is 11.2. The maximum Gasteiger partial charge on any atom is 0.344 e. The molecule has 1 rings (SSSR count). The lowest BCUT2D eigenvalue weighted by molar-refractivity contribution is -0.149. The molecule has 0 aromatic heterocycles. The molecule has 0 heterocycles. The monoisotopic (exact) mass is 223 g/mol. The molecule has 0 aliphatic heterocycles. The molecule has 0 aliphatic carbocycles. The van der Waals surface area contributed by atoms with Gasteiger partial charge in [0.05, 0.1) is 6.10 Å². The first-order valence-corrected chi connectivity index (χ1v) is 5.22. The number of rotatable bonds is 5. The number of ether oxygens (including phenoxy) is 2. The first kappa shape index (κ1) is 12.4. The SMILES string of the molecule is CNc1ccc(OCC(=O)OC(C)C)cc1. The zero-order valence-electron chi connectivity index (χ0n) is 9.82. The van der Waals surface area contributed by atoms with Crippen LogP contribution < -0.4 is 10.1 Å². The summed E-state index contributed by atoms with van der Waals surface area (Å²) in [5.74, 6) is 0.299. The van der Waals surface area contributed by atoms with Crippen molar-refractivity contribution >= 4 is 11.7 Å². The zero-order valence-corrected chi connectivity index (χ0v) is 9.82. The molecule has 0 aliphatic rings. The molecule has 0 atom stereocenters. The molecule has 0 unspecified atom stereocenters. The number of hydrogen-bond acceptors (Lipinski definition) is 4. The van der Waals surface area contributed by atoms with Crippen molar-refractivity contribution in [2.75, 3.05) is 19.0 Å². The van der Waals surface area contributed by atoms with Crippen molar-refractivity contribution in [3.63, 3.8) is 0 Å². The Hall–Kier alpha value is -1.71. The topological polar surface area (TPSA) is 47.6 Å². The van der Waals surface area contributed by atoms with E-state index >= 15 is 0 Å². The van der Waals surface area contributed by atoms with Gasteiger partial charge in [-0.1, -0.05) is 0 Å². The van der Waals surface area contributed by atoms with E-state index in [1.165, 1.54) is 0 Å². The predicted molar refractivity (Wildman–Crippen MR) is 62.7 cm³/mol. The second-order valence-corrected chi connectivity index (χ2v) is 3.60. The number of carbonyl (C=O) groups excluding carboxylic acids is 1. The highest BCUT2D eigenvalue weighted by atomic mass is 16.6. The maximum atomic E-state index is 11.2. The largest absolute Gasteiger partial charge is 0.482 e. The molecule has 88 valence electrons. The molecule has 4 nitrogen and oxygen atoms in total. The Morgan fingerprint density at radius 3 is 2.44 bits per heavy atom. The van der Waals surface area contributed by atoms with Crippen LogP contribution in [0.15, 0.2) is 24.3 Å². The second-order valence-electron chi connectivity index (χ2n) is 3.60. The predicted octanol–water partition coefficient (Wildman–Crippen LogP) is 2.06. The average Bonchev–Trinajstić information content (AvgIpc) is 2.26. The summed E-state index contributed by atoms with van der Waals surface area (Å²) < 4.78 is 10.2. The summed E-state index contributed by atoms with van der Waals surface area (Å²) in [6, 6.07) is 7.36. The van der Waals surface area contributed by atoms with Crippen molar-refractivity contribution in [3.8, 4) is 5.75 Å². The van der Waals surface area contributed by atoms with Crippen molar-refractivity contribution in [2.45, 2.75) is 20.0 Å². The Labute approximate surface area is 95.6 Å². The van der Waals surface area contributed by atoms with Gasteiger partial charge in [-0.25, -0.2) is 4.79 Å². The Bertz CT molecular complexity index is 333. The van der Waals surface area contributed by atoms with Crippen LogP contribution in [-0.4, -0.2) is 25.7 Å². The van der Waals surface area contributed by atoms with E-state index in [2.05, 4.69) is 5.32 Å². The second kappa shape index (κ2) is 6.00. The quantitative estimate of drug-likeness (QED) is 0.776. The Morgan fingerprint density at radius 2 is 1.94 bits per heavy atom. The third kappa shape index (κ3) is 4.21. The molecule has 0 radical (unpaired) electrons. The van der Waals surface area contributed by atoms with Crippen molar-refractivity contribution in [2.24, 2.45) is 0 Å². The number of benzene rings is 1. The smallest absolute Gasteiger partial charge is 0.344 e. The van der Waals surface area contributed by atoms with Crippen molar-refractivity contribution in [3.05, 3.63) is 24.3 Å². The van der Waals surface area contributed by atoms with Gasteiger partial charge in [0, 0.05) is 12.7 Å². The molecule has 0 bridgehead atoms. The molecule has 0 spiro atoms. The van der Waals surface area contributed by atoms with E-state index in [9.17, 15) is 4.79 Å². The number of esters is 1. The van der Waals surface area contributed by atoms with Gasteiger partial charge in [0.2, 0.25) is 0 Å². The number of hydrogen-bond donors (Lipinski definition) is 1. The summed E-state index contributed by atoms with van der Waals surface area (Å²) in [4.78, 5) is 11.2. The summed E-state index contributed by atoms with van der Waals surface area (Å²) in [7, 11) is 1.84. The first-order valence-electron chi connectivity index (χ1n) is 5.22. The highest BCUT2D eigenvalue weighted by Gasteiger charge is 2.06. The summed E-state index contributed by atoms with van der Waals surface area (Å²) in [5, 5.41) is 3.00. The van der Waals surface area contributed by atoms with Crippen LogP contribution in [0.3, 0.4) is 0 Å². The van der Waals surface area contributed by atoms with Crippen LogP contribution in [0.5, 0.6) is 5.75 Å². The van der Waals surface area contributed by atoms with E-state index in [4.69, 9.17) is 9.47 Å². The van der Waals surface area contributed by atoms with Gasteiger partial charge in [-0.2, -0.15) is 0 Å². The van der Waals surface area contributed by atoms with E-state index in [-0.39, 0.29) is 18.7 Å². The van der Waals surface area contributed by atoms with E-state index in [0.29, 0.717) is 5.75 Å². The lowest BCUT2D eigenvalue weighted by atomic mass is 10.3. The number of nitrogens with one attached hydrogen (secondary N) is 1. The fraction of sp³-hybridized carbons (Fsp3) is 0.417. The molecule has 16 heavy (non-hydrogen) atoms. The Kier molecular flexibility index (Phi) is 4.64. The van der Waals surface area contributed by atoms with Gasteiger partial charge in [-0.15, -0.1) is 0 Å².